The molecule has 1 saturated heterocycles. The van der Waals surface area contributed by atoms with Crippen molar-refractivity contribution in [3.05, 3.63) is 76.5 Å². The Morgan fingerprint density at radius 3 is 2.65 bits per heavy atom. The summed E-state index contributed by atoms with van der Waals surface area (Å²) in [6.45, 7) is 6.94. The summed E-state index contributed by atoms with van der Waals surface area (Å²) in [6, 6.07) is 13.5. The number of phenolic OH excluding ortho intramolecular Hbond substituents is 1. The highest BCUT2D eigenvalue weighted by Gasteiger charge is 2.32. The number of hydrogen-bond donors (Lipinski definition) is 2. The van der Waals surface area contributed by atoms with Gasteiger partial charge in [0, 0.05) is 43.7 Å². The van der Waals surface area contributed by atoms with E-state index < -0.39 is 0 Å². The number of morpholine rings is 1. The lowest BCUT2D eigenvalue weighted by Crippen LogP contribution is -2.40. The molecular weight excluding hydrogens is 392 g/mol. The van der Waals surface area contributed by atoms with Gasteiger partial charge < -0.3 is 19.1 Å². The number of ether oxygens (including phenoxy) is 2. The van der Waals surface area contributed by atoms with Crippen LogP contribution >= 0.6 is 0 Å². The second kappa shape index (κ2) is 8.17. The Kier molecular flexibility index (Phi) is 5.21. The van der Waals surface area contributed by atoms with E-state index in [1.165, 1.54) is 5.56 Å². The molecule has 2 aliphatic heterocycles. The highest BCUT2D eigenvalue weighted by atomic mass is 16.5. The van der Waals surface area contributed by atoms with Crippen LogP contribution in [0.4, 0.5) is 0 Å². The summed E-state index contributed by atoms with van der Waals surface area (Å²) in [7, 11) is 0. The SMILES string of the molecule is Cc1ccc([C@H]2c3ccc(O)cc3Oc3ncn(CCN4CCOCC4)c(=N)c32)cc1. The average Bonchev–Trinajstić information content (AvgIpc) is 2.78. The highest BCUT2D eigenvalue weighted by Crippen LogP contribution is 2.45. The fourth-order valence-electron chi connectivity index (χ4n) is 4.31. The third-order valence-electron chi connectivity index (χ3n) is 6.06. The number of aromatic nitrogens is 2. The predicted octanol–water partition coefficient (Wildman–Crippen LogP) is 2.99. The minimum absolute atomic E-state index is 0.146. The second-order valence-electron chi connectivity index (χ2n) is 8.13. The number of hydrogen-bond acceptors (Lipinski definition) is 6. The van der Waals surface area contributed by atoms with Crippen LogP contribution in [0.15, 0.2) is 48.8 Å². The van der Waals surface area contributed by atoms with Crippen LogP contribution in [-0.4, -0.2) is 52.4 Å². The first-order chi connectivity index (χ1) is 15.1. The maximum atomic E-state index is 9.97. The van der Waals surface area contributed by atoms with Gasteiger partial charge >= 0.3 is 0 Å². The Hall–Kier alpha value is -3.16. The summed E-state index contributed by atoms with van der Waals surface area (Å²) in [6.07, 6.45) is 1.68. The number of aryl methyl sites for hydroxylation is 1. The van der Waals surface area contributed by atoms with E-state index in [1.54, 1.807) is 18.5 Å². The molecule has 7 heteroatoms. The number of nitrogens with one attached hydrogen (secondary N) is 1. The van der Waals surface area contributed by atoms with Gasteiger partial charge in [0.1, 0.15) is 23.3 Å². The maximum Gasteiger partial charge on any atom is 0.228 e. The third kappa shape index (κ3) is 3.82. The lowest BCUT2D eigenvalue weighted by atomic mass is 9.83. The molecule has 1 fully saturated rings. The van der Waals surface area contributed by atoms with Crippen molar-refractivity contribution < 1.29 is 14.6 Å². The molecule has 160 valence electrons. The first kappa shape index (κ1) is 19.8. The summed E-state index contributed by atoms with van der Waals surface area (Å²) in [5.41, 5.74) is 4.34. The van der Waals surface area contributed by atoms with Gasteiger partial charge in [-0.1, -0.05) is 35.9 Å². The smallest absolute Gasteiger partial charge is 0.228 e. The Bertz CT molecular complexity index is 1150. The van der Waals surface area contributed by atoms with Crippen LogP contribution in [0.25, 0.3) is 0 Å². The third-order valence-corrected chi connectivity index (χ3v) is 6.06. The van der Waals surface area contributed by atoms with Crippen molar-refractivity contribution in [3.8, 4) is 17.4 Å². The van der Waals surface area contributed by atoms with E-state index in [4.69, 9.17) is 14.9 Å². The van der Waals surface area contributed by atoms with Crippen LogP contribution in [0.2, 0.25) is 0 Å². The Morgan fingerprint density at radius 1 is 1.10 bits per heavy atom. The summed E-state index contributed by atoms with van der Waals surface area (Å²) in [5.74, 6) is 0.968. The van der Waals surface area contributed by atoms with Crippen molar-refractivity contribution >= 4 is 0 Å². The molecule has 1 aromatic heterocycles. The van der Waals surface area contributed by atoms with Crippen molar-refractivity contribution in [1.82, 2.24) is 14.5 Å². The van der Waals surface area contributed by atoms with E-state index in [2.05, 4.69) is 41.1 Å². The molecule has 0 amide bonds. The summed E-state index contributed by atoms with van der Waals surface area (Å²) < 4.78 is 13.4. The topological polar surface area (TPSA) is 83.6 Å². The van der Waals surface area contributed by atoms with Crippen molar-refractivity contribution in [1.29, 1.82) is 5.41 Å². The monoisotopic (exact) mass is 418 g/mol. The molecule has 31 heavy (non-hydrogen) atoms. The number of benzene rings is 2. The average molecular weight is 418 g/mol. The number of nitrogens with zero attached hydrogens (tertiary/aromatic N) is 3. The quantitative estimate of drug-likeness (QED) is 0.532. The zero-order valence-corrected chi connectivity index (χ0v) is 17.5. The van der Waals surface area contributed by atoms with Crippen molar-refractivity contribution in [2.45, 2.75) is 19.4 Å². The Morgan fingerprint density at radius 2 is 1.87 bits per heavy atom. The van der Waals surface area contributed by atoms with Gasteiger partial charge in [0.25, 0.3) is 0 Å². The fraction of sp³-hybridized carbons (Fsp3) is 0.333. The van der Waals surface area contributed by atoms with E-state index in [-0.39, 0.29) is 11.7 Å². The van der Waals surface area contributed by atoms with E-state index in [1.807, 2.05) is 10.6 Å². The number of phenols is 1. The Balaban J connectivity index is 1.56. The predicted molar refractivity (Wildman–Crippen MR) is 116 cm³/mol. The summed E-state index contributed by atoms with van der Waals surface area (Å²) >= 11 is 0. The normalized spacial score (nSPS) is 18.2. The van der Waals surface area contributed by atoms with Gasteiger partial charge in [-0.15, -0.1) is 0 Å². The molecule has 3 aromatic rings. The van der Waals surface area contributed by atoms with E-state index in [0.717, 1.165) is 49.5 Å². The first-order valence-corrected chi connectivity index (χ1v) is 10.6. The zero-order chi connectivity index (χ0) is 21.4. The Labute approximate surface area is 181 Å². The van der Waals surface area contributed by atoms with Gasteiger partial charge in [0.15, 0.2) is 0 Å². The molecule has 5 rings (SSSR count). The van der Waals surface area contributed by atoms with E-state index in [9.17, 15) is 5.11 Å². The summed E-state index contributed by atoms with van der Waals surface area (Å²) in [4.78, 5) is 6.91. The minimum Gasteiger partial charge on any atom is -0.508 e. The molecule has 0 aliphatic carbocycles. The molecule has 0 spiro atoms. The van der Waals surface area contributed by atoms with Crippen LogP contribution in [0.5, 0.6) is 17.4 Å². The van der Waals surface area contributed by atoms with Gasteiger partial charge in [-0.2, -0.15) is 0 Å². The number of fused-ring (bicyclic) bond motifs is 2. The largest absolute Gasteiger partial charge is 0.508 e. The van der Waals surface area contributed by atoms with Gasteiger partial charge in [0.05, 0.1) is 18.8 Å². The summed E-state index contributed by atoms with van der Waals surface area (Å²) in [5, 5.41) is 19.0. The van der Waals surface area contributed by atoms with Crippen molar-refractivity contribution in [2.24, 2.45) is 0 Å². The lowest BCUT2D eigenvalue weighted by Gasteiger charge is -2.29. The van der Waals surface area contributed by atoms with Crippen LogP contribution in [0, 0.1) is 12.3 Å². The molecule has 2 aliphatic rings. The van der Waals surface area contributed by atoms with Crippen LogP contribution < -0.4 is 10.2 Å². The first-order valence-electron chi connectivity index (χ1n) is 10.6. The standard InChI is InChI=1S/C24H26N4O3/c1-16-2-4-17(5-3-16)21-19-7-6-18(29)14-20(19)31-24-22(21)23(25)28(15-26-24)9-8-27-10-12-30-13-11-27/h2-7,14-15,21,25,29H,8-13H2,1H3/t21-/m0/s1. The van der Waals surface area contributed by atoms with Crippen molar-refractivity contribution in [3.63, 3.8) is 0 Å². The minimum atomic E-state index is -0.184. The van der Waals surface area contributed by atoms with Crippen LogP contribution in [-0.2, 0) is 11.3 Å². The highest BCUT2D eigenvalue weighted by molar-refractivity contribution is 5.57. The van der Waals surface area contributed by atoms with Gasteiger partial charge in [-0.25, -0.2) is 4.98 Å². The molecule has 3 heterocycles. The van der Waals surface area contributed by atoms with Crippen LogP contribution in [0.1, 0.15) is 28.2 Å². The molecule has 0 unspecified atom stereocenters. The van der Waals surface area contributed by atoms with Gasteiger partial charge in [-0.3, -0.25) is 10.3 Å². The number of rotatable bonds is 4. The molecule has 0 radical (unpaired) electrons. The van der Waals surface area contributed by atoms with E-state index >= 15 is 0 Å². The number of aromatic hydroxyl groups is 1. The van der Waals surface area contributed by atoms with E-state index in [0.29, 0.717) is 23.7 Å². The fourth-order valence-corrected chi connectivity index (χ4v) is 4.31. The van der Waals surface area contributed by atoms with Crippen LogP contribution in [0.3, 0.4) is 0 Å². The lowest BCUT2D eigenvalue weighted by molar-refractivity contribution is 0.0362. The molecular formula is C24H26N4O3. The zero-order valence-electron chi connectivity index (χ0n) is 17.5. The maximum absolute atomic E-state index is 9.97. The molecule has 2 aromatic carbocycles. The molecule has 2 N–H and O–H groups in total. The van der Waals surface area contributed by atoms with Gasteiger partial charge in [0.2, 0.25) is 5.88 Å². The van der Waals surface area contributed by atoms with Gasteiger partial charge in [-0.05, 0) is 18.6 Å². The second-order valence-corrected chi connectivity index (χ2v) is 8.13. The molecule has 0 saturated carbocycles. The molecule has 0 bridgehead atoms. The molecule has 7 nitrogen and oxygen atoms in total. The van der Waals surface area contributed by atoms with Crippen molar-refractivity contribution in [2.75, 3.05) is 32.8 Å². The molecule has 1 atom stereocenters.